The summed E-state index contributed by atoms with van der Waals surface area (Å²) in [7, 11) is 1.88. The molecule has 0 aromatic heterocycles. The van der Waals surface area contributed by atoms with Gasteiger partial charge in [-0.1, -0.05) is 23.7 Å². The maximum atomic E-state index is 10.7. The first-order valence-corrected chi connectivity index (χ1v) is 5.14. The summed E-state index contributed by atoms with van der Waals surface area (Å²) >= 11 is 5.81. The number of ether oxygens (including phenoxy) is 1. The second kappa shape index (κ2) is 4.31. The highest BCUT2D eigenvalue weighted by Gasteiger charge is 2.31. The lowest BCUT2D eigenvalue weighted by atomic mass is 10.1. The molecule has 1 aliphatic heterocycles. The number of aldehydes is 1. The van der Waals surface area contributed by atoms with Crippen LogP contribution >= 0.6 is 11.6 Å². The molecule has 0 aliphatic carbocycles. The monoisotopic (exact) mass is 225 g/mol. The Hall–Kier alpha value is -0.900. The van der Waals surface area contributed by atoms with Crippen molar-refractivity contribution in [3.05, 3.63) is 34.9 Å². The molecule has 2 atom stereocenters. The summed E-state index contributed by atoms with van der Waals surface area (Å²) < 4.78 is 5.34. The summed E-state index contributed by atoms with van der Waals surface area (Å²) in [5.74, 6) is 0. The van der Waals surface area contributed by atoms with Gasteiger partial charge >= 0.3 is 0 Å². The lowest BCUT2D eigenvalue weighted by molar-refractivity contribution is -0.120. The first-order chi connectivity index (χ1) is 7.22. The zero-order valence-electron chi connectivity index (χ0n) is 8.39. The standard InChI is InChI=1S/C11H12ClNO2/c1-13-10(7-15-11(13)6-14)8-2-4-9(12)5-3-8/h2-6,10-11H,7H2,1H3. The van der Waals surface area contributed by atoms with Crippen molar-refractivity contribution in [3.63, 3.8) is 0 Å². The van der Waals surface area contributed by atoms with Crippen LogP contribution in [0.5, 0.6) is 0 Å². The normalized spacial score (nSPS) is 26.8. The molecular formula is C11H12ClNO2. The fourth-order valence-corrected chi connectivity index (χ4v) is 1.88. The third-order valence-corrected chi connectivity index (χ3v) is 2.94. The van der Waals surface area contributed by atoms with E-state index >= 15 is 0 Å². The number of halogens is 1. The van der Waals surface area contributed by atoms with Crippen molar-refractivity contribution < 1.29 is 9.53 Å². The highest BCUT2D eigenvalue weighted by Crippen LogP contribution is 2.28. The van der Waals surface area contributed by atoms with Crippen LogP contribution in [0.15, 0.2) is 24.3 Å². The van der Waals surface area contributed by atoms with Crippen LogP contribution in [0.2, 0.25) is 5.02 Å². The molecule has 0 saturated carbocycles. The van der Waals surface area contributed by atoms with Crippen LogP contribution in [0.3, 0.4) is 0 Å². The molecular weight excluding hydrogens is 214 g/mol. The smallest absolute Gasteiger partial charge is 0.167 e. The summed E-state index contributed by atoms with van der Waals surface area (Å²) in [6.45, 7) is 0.543. The molecule has 1 saturated heterocycles. The van der Waals surface area contributed by atoms with Gasteiger partial charge in [0, 0.05) is 5.02 Å². The van der Waals surface area contributed by atoms with Gasteiger partial charge in [-0.2, -0.15) is 0 Å². The number of likely N-dealkylation sites (N-methyl/N-ethyl adjacent to an activating group) is 1. The third-order valence-electron chi connectivity index (χ3n) is 2.69. The van der Waals surface area contributed by atoms with E-state index < -0.39 is 6.23 Å². The molecule has 1 fully saturated rings. The van der Waals surface area contributed by atoms with E-state index in [1.807, 2.05) is 36.2 Å². The fourth-order valence-electron chi connectivity index (χ4n) is 1.75. The van der Waals surface area contributed by atoms with E-state index in [0.29, 0.717) is 11.6 Å². The largest absolute Gasteiger partial charge is 0.354 e. The Bertz CT molecular complexity index is 352. The van der Waals surface area contributed by atoms with Crippen molar-refractivity contribution in [2.75, 3.05) is 13.7 Å². The van der Waals surface area contributed by atoms with Gasteiger partial charge in [-0.25, -0.2) is 0 Å². The van der Waals surface area contributed by atoms with Crippen LogP contribution in [0.1, 0.15) is 11.6 Å². The Balaban J connectivity index is 2.18. The molecule has 80 valence electrons. The molecule has 1 aromatic rings. The topological polar surface area (TPSA) is 29.5 Å². The van der Waals surface area contributed by atoms with Crippen LogP contribution in [0.25, 0.3) is 0 Å². The zero-order valence-corrected chi connectivity index (χ0v) is 9.15. The van der Waals surface area contributed by atoms with Crippen LogP contribution in [-0.2, 0) is 9.53 Å². The maximum absolute atomic E-state index is 10.7. The van der Waals surface area contributed by atoms with Crippen molar-refractivity contribution in [1.82, 2.24) is 4.90 Å². The minimum Gasteiger partial charge on any atom is -0.354 e. The van der Waals surface area contributed by atoms with Gasteiger partial charge in [-0.15, -0.1) is 0 Å². The summed E-state index contributed by atoms with van der Waals surface area (Å²) in [5.41, 5.74) is 1.12. The van der Waals surface area contributed by atoms with Crippen molar-refractivity contribution in [2.45, 2.75) is 12.3 Å². The lowest BCUT2D eigenvalue weighted by Crippen LogP contribution is -2.29. The van der Waals surface area contributed by atoms with E-state index in [9.17, 15) is 4.79 Å². The SMILES string of the molecule is CN1C(C=O)OCC1c1ccc(Cl)cc1. The minimum atomic E-state index is -0.425. The van der Waals surface area contributed by atoms with E-state index in [1.54, 1.807) is 0 Å². The quantitative estimate of drug-likeness (QED) is 0.720. The minimum absolute atomic E-state index is 0.137. The highest BCUT2D eigenvalue weighted by atomic mass is 35.5. The molecule has 0 N–H and O–H groups in total. The Labute approximate surface area is 93.6 Å². The predicted molar refractivity (Wildman–Crippen MR) is 57.8 cm³/mol. The average Bonchev–Trinajstić information content (AvgIpc) is 2.61. The van der Waals surface area contributed by atoms with Crippen molar-refractivity contribution >= 4 is 17.9 Å². The maximum Gasteiger partial charge on any atom is 0.167 e. The molecule has 0 radical (unpaired) electrons. The average molecular weight is 226 g/mol. The second-order valence-corrected chi connectivity index (χ2v) is 4.03. The van der Waals surface area contributed by atoms with Gasteiger partial charge in [0.1, 0.15) is 0 Å². The zero-order chi connectivity index (χ0) is 10.8. The van der Waals surface area contributed by atoms with Gasteiger partial charge in [-0.3, -0.25) is 9.69 Å². The lowest BCUT2D eigenvalue weighted by Gasteiger charge is -2.20. The number of rotatable bonds is 2. The molecule has 3 nitrogen and oxygen atoms in total. The van der Waals surface area contributed by atoms with Gasteiger partial charge in [-0.05, 0) is 24.7 Å². The van der Waals surface area contributed by atoms with Crippen molar-refractivity contribution in [3.8, 4) is 0 Å². The van der Waals surface area contributed by atoms with E-state index in [1.165, 1.54) is 0 Å². The van der Waals surface area contributed by atoms with Crippen molar-refractivity contribution in [2.24, 2.45) is 0 Å². The molecule has 2 rings (SSSR count). The number of carbonyl (C=O) groups is 1. The number of nitrogens with zero attached hydrogens (tertiary/aromatic N) is 1. The van der Waals surface area contributed by atoms with E-state index in [4.69, 9.17) is 16.3 Å². The molecule has 0 bridgehead atoms. The van der Waals surface area contributed by atoms with Gasteiger partial charge in [0.05, 0.1) is 12.6 Å². The number of benzene rings is 1. The third kappa shape index (κ3) is 2.04. The van der Waals surface area contributed by atoms with Gasteiger partial charge in [0.25, 0.3) is 0 Å². The van der Waals surface area contributed by atoms with Gasteiger partial charge < -0.3 is 4.74 Å². The van der Waals surface area contributed by atoms with Gasteiger partial charge in [0.2, 0.25) is 0 Å². The molecule has 1 aromatic carbocycles. The number of hydrogen-bond donors (Lipinski definition) is 0. The first-order valence-electron chi connectivity index (χ1n) is 4.76. The predicted octanol–water partition coefficient (Wildman–Crippen LogP) is 1.87. The molecule has 0 amide bonds. The summed E-state index contributed by atoms with van der Waals surface area (Å²) in [6, 6.07) is 7.75. The molecule has 4 heteroatoms. The Morgan fingerprint density at radius 3 is 2.67 bits per heavy atom. The van der Waals surface area contributed by atoms with E-state index in [0.717, 1.165) is 11.8 Å². The Morgan fingerprint density at radius 1 is 1.47 bits per heavy atom. The molecule has 2 unspecified atom stereocenters. The highest BCUT2D eigenvalue weighted by molar-refractivity contribution is 6.30. The molecule has 1 heterocycles. The van der Waals surface area contributed by atoms with E-state index in [2.05, 4.69) is 0 Å². The Morgan fingerprint density at radius 2 is 2.13 bits per heavy atom. The Kier molecular flexibility index (Phi) is 3.05. The number of carbonyl (C=O) groups excluding carboxylic acids is 1. The molecule has 0 spiro atoms. The van der Waals surface area contributed by atoms with Crippen molar-refractivity contribution in [1.29, 1.82) is 0 Å². The molecule has 1 aliphatic rings. The second-order valence-electron chi connectivity index (χ2n) is 3.59. The first kappa shape index (κ1) is 10.6. The van der Waals surface area contributed by atoms with Crippen LogP contribution in [0.4, 0.5) is 0 Å². The summed E-state index contributed by atoms with van der Waals surface area (Å²) in [6.07, 6.45) is 0.390. The van der Waals surface area contributed by atoms with Crippen LogP contribution in [0, 0.1) is 0 Å². The fraction of sp³-hybridized carbons (Fsp3) is 0.364. The summed E-state index contributed by atoms with van der Waals surface area (Å²) in [5, 5.41) is 0.715. The summed E-state index contributed by atoms with van der Waals surface area (Å²) in [4.78, 5) is 12.6. The van der Waals surface area contributed by atoms with E-state index in [-0.39, 0.29) is 6.04 Å². The number of hydrogen-bond acceptors (Lipinski definition) is 3. The molecule has 15 heavy (non-hydrogen) atoms. The van der Waals surface area contributed by atoms with Crippen LogP contribution < -0.4 is 0 Å². The van der Waals surface area contributed by atoms with Crippen LogP contribution in [-0.4, -0.2) is 31.1 Å². The van der Waals surface area contributed by atoms with Gasteiger partial charge in [0.15, 0.2) is 12.5 Å².